The maximum Gasteiger partial charge on any atom is 0.253 e. The minimum Gasteiger partial charge on any atom is -0.486 e. The number of carbonyl (C=O) groups is 2. The number of sulfonamides is 1. The summed E-state index contributed by atoms with van der Waals surface area (Å²) >= 11 is 13.2. The Morgan fingerprint density at radius 3 is 2.41 bits per heavy atom. The quantitative estimate of drug-likeness (QED) is 0.118. The number of ether oxygens (including phenoxy) is 1. The second kappa shape index (κ2) is 14.2. The van der Waals surface area contributed by atoms with Gasteiger partial charge in [-0.3, -0.25) is 14.6 Å². The lowest BCUT2D eigenvalue weighted by Crippen LogP contribution is -2.55. The molecule has 2 fully saturated rings. The molecule has 16 heteroatoms. The standard InChI is InChI=1S/C33H33Cl2N7O6S/c1-20-18-37-25-4-2-6-27(30(25)38-20)48-19-23-24(34)11-12-28(29(23)35)49(46,47)42-13-3-5-26(42)33(44)41-16-14-40(15-17-41)32(43)22-9-7-21(8-10-22)31(36)39-45/h2,4,6-12,18,26,45H,3,5,13-17,19H2,1H3,(H2,36,39)/t26-/m0/s1. The lowest BCUT2D eigenvalue weighted by Gasteiger charge is -2.37. The summed E-state index contributed by atoms with van der Waals surface area (Å²) in [6, 6.07) is 13.6. The Morgan fingerprint density at radius 1 is 1.00 bits per heavy atom. The van der Waals surface area contributed by atoms with Gasteiger partial charge in [-0.1, -0.05) is 46.6 Å². The molecule has 0 spiro atoms. The van der Waals surface area contributed by atoms with Crippen LogP contribution in [0.3, 0.4) is 0 Å². The molecule has 49 heavy (non-hydrogen) atoms. The molecule has 3 aromatic carbocycles. The number of oxime groups is 1. The van der Waals surface area contributed by atoms with Crippen molar-refractivity contribution < 1.29 is 28.0 Å². The van der Waals surface area contributed by atoms with Crippen molar-refractivity contribution in [2.75, 3.05) is 32.7 Å². The maximum atomic E-state index is 14.1. The minimum absolute atomic E-state index is 0.0652. The summed E-state index contributed by atoms with van der Waals surface area (Å²) in [6.45, 7) is 2.89. The first-order chi connectivity index (χ1) is 23.5. The van der Waals surface area contributed by atoms with Crippen LogP contribution in [0.25, 0.3) is 11.0 Å². The first-order valence-electron chi connectivity index (χ1n) is 15.5. The van der Waals surface area contributed by atoms with Gasteiger partial charge < -0.3 is 25.5 Å². The Labute approximate surface area is 292 Å². The monoisotopic (exact) mass is 725 g/mol. The summed E-state index contributed by atoms with van der Waals surface area (Å²) in [5.74, 6) is -0.164. The molecule has 3 heterocycles. The van der Waals surface area contributed by atoms with Gasteiger partial charge in [0.1, 0.15) is 28.8 Å². The largest absolute Gasteiger partial charge is 0.486 e. The average molecular weight is 727 g/mol. The number of benzene rings is 3. The van der Waals surface area contributed by atoms with Crippen molar-refractivity contribution >= 4 is 61.9 Å². The maximum absolute atomic E-state index is 14.1. The second-order valence-electron chi connectivity index (χ2n) is 11.7. The van der Waals surface area contributed by atoms with Crippen LogP contribution in [-0.4, -0.2) is 94.1 Å². The molecule has 1 atom stereocenters. The van der Waals surface area contributed by atoms with E-state index in [-0.39, 0.29) is 77.5 Å². The fraction of sp³-hybridized carbons (Fsp3) is 0.303. The molecular weight excluding hydrogens is 693 g/mol. The zero-order chi connectivity index (χ0) is 34.9. The van der Waals surface area contributed by atoms with E-state index in [1.165, 1.54) is 16.4 Å². The zero-order valence-corrected chi connectivity index (χ0v) is 28.7. The van der Waals surface area contributed by atoms with Crippen LogP contribution in [0.4, 0.5) is 0 Å². The third kappa shape index (κ3) is 6.86. The van der Waals surface area contributed by atoms with E-state index in [0.717, 1.165) is 0 Å². The predicted molar refractivity (Wildman–Crippen MR) is 183 cm³/mol. The molecule has 0 aliphatic carbocycles. The number of amidine groups is 1. The van der Waals surface area contributed by atoms with Crippen molar-refractivity contribution in [3.63, 3.8) is 0 Å². The van der Waals surface area contributed by atoms with Gasteiger partial charge in [0.05, 0.1) is 16.2 Å². The number of para-hydroxylation sites is 1. The number of halogens is 2. The Kier molecular flexibility index (Phi) is 9.93. The summed E-state index contributed by atoms with van der Waals surface area (Å²) in [4.78, 5) is 38.8. The van der Waals surface area contributed by atoms with Gasteiger partial charge in [0.15, 0.2) is 5.84 Å². The van der Waals surface area contributed by atoms with Gasteiger partial charge in [0, 0.05) is 60.6 Å². The van der Waals surface area contributed by atoms with Gasteiger partial charge in [-0.15, -0.1) is 0 Å². The number of nitrogens with two attached hydrogens (primary N) is 1. The summed E-state index contributed by atoms with van der Waals surface area (Å²) in [6.07, 6.45) is 2.51. The van der Waals surface area contributed by atoms with Crippen molar-refractivity contribution in [1.29, 1.82) is 0 Å². The average Bonchev–Trinajstić information content (AvgIpc) is 3.62. The summed E-state index contributed by atoms with van der Waals surface area (Å²) < 4.78 is 35.4. The lowest BCUT2D eigenvalue weighted by atomic mass is 10.1. The van der Waals surface area contributed by atoms with Crippen LogP contribution in [0.2, 0.25) is 10.0 Å². The molecule has 0 radical (unpaired) electrons. The van der Waals surface area contributed by atoms with E-state index >= 15 is 0 Å². The summed E-state index contributed by atoms with van der Waals surface area (Å²) in [5.41, 5.74) is 8.69. The van der Waals surface area contributed by atoms with Crippen molar-refractivity contribution in [2.45, 2.75) is 37.3 Å². The number of piperazine rings is 1. The van der Waals surface area contributed by atoms with Crippen LogP contribution < -0.4 is 10.5 Å². The summed E-state index contributed by atoms with van der Waals surface area (Å²) in [7, 11) is -4.22. The highest BCUT2D eigenvalue weighted by atomic mass is 35.5. The Balaban J connectivity index is 1.14. The zero-order valence-electron chi connectivity index (χ0n) is 26.4. The molecule has 256 valence electrons. The second-order valence-corrected chi connectivity index (χ2v) is 14.4. The van der Waals surface area contributed by atoms with Crippen molar-refractivity contribution in [2.24, 2.45) is 10.9 Å². The van der Waals surface area contributed by atoms with E-state index in [2.05, 4.69) is 15.1 Å². The van der Waals surface area contributed by atoms with Crippen LogP contribution in [0.1, 0.15) is 40.0 Å². The third-order valence-corrected chi connectivity index (χ3v) is 11.5. The van der Waals surface area contributed by atoms with Crippen LogP contribution in [0.5, 0.6) is 5.75 Å². The number of hydrogen-bond donors (Lipinski definition) is 2. The molecular formula is C33H33Cl2N7O6S. The number of aryl methyl sites for hydroxylation is 1. The van der Waals surface area contributed by atoms with E-state index < -0.39 is 16.1 Å². The minimum atomic E-state index is -4.22. The highest BCUT2D eigenvalue weighted by molar-refractivity contribution is 7.89. The molecule has 13 nitrogen and oxygen atoms in total. The lowest BCUT2D eigenvalue weighted by molar-refractivity contribution is -0.136. The number of aromatic nitrogens is 2. The Hall–Kier alpha value is -4.50. The molecule has 2 aliphatic rings. The van der Waals surface area contributed by atoms with Crippen molar-refractivity contribution in [1.82, 2.24) is 24.1 Å². The van der Waals surface area contributed by atoms with E-state index in [1.807, 2.05) is 13.0 Å². The molecule has 0 saturated carbocycles. The number of amides is 2. The molecule has 0 bridgehead atoms. The van der Waals surface area contributed by atoms with Crippen LogP contribution in [0, 0.1) is 6.92 Å². The fourth-order valence-electron chi connectivity index (χ4n) is 6.04. The molecule has 2 aliphatic heterocycles. The molecule has 4 aromatic rings. The smallest absolute Gasteiger partial charge is 0.253 e. The van der Waals surface area contributed by atoms with Gasteiger partial charge in [0.25, 0.3) is 5.91 Å². The first kappa shape index (κ1) is 34.4. The fourth-order valence-corrected chi connectivity index (χ4v) is 8.55. The van der Waals surface area contributed by atoms with Gasteiger partial charge >= 0.3 is 0 Å². The van der Waals surface area contributed by atoms with Crippen LogP contribution in [0.15, 0.2) is 70.8 Å². The number of nitrogens with zero attached hydrogens (tertiary/aromatic N) is 6. The van der Waals surface area contributed by atoms with Gasteiger partial charge in [-0.25, -0.2) is 13.4 Å². The SMILES string of the molecule is Cc1cnc2cccc(OCc3c(Cl)ccc(S(=O)(=O)N4CCC[C@H]4C(=O)N4CCN(C(=O)c5ccc(C(N)=NO)cc5)CC4)c3Cl)c2n1. The first-order valence-corrected chi connectivity index (χ1v) is 17.7. The number of hydrogen-bond acceptors (Lipinski definition) is 9. The highest BCUT2D eigenvalue weighted by Crippen LogP contribution is 2.37. The molecule has 2 amide bonds. The molecule has 3 N–H and O–H groups in total. The van der Waals surface area contributed by atoms with Crippen LogP contribution >= 0.6 is 23.2 Å². The van der Waals surface area contributed by atoms with Crippen molar-refractivity contribution in [3.8, 4) is 5.75 Å². The number of carbonyl (C=O) groups excluding carboxylic acids is 2. The Bertz CT molecular complexity index is 2050. The predicted octanol–water partition coefficient (Wildman–Crippen LogP) is 4.06. The van der Waals surface area contributed by atoms with Gasteiger partial charge in [-0.2, -0.15) is 4.31 Å². The van der Waals surface area contributed by atoms with E-state index in [9.17, 15) is 18.0 Å². The number of rotatable bonds is 8. The molecule has 2 saturated heterocycles. The van der Waals surface area contributed by atoms with E-state index in [1.54, 1.807) is 52.4 Å². The van der Waals surface area contributed by atoms with Gasteiger partial charge in [-0.05, 0) is 56.2 Å². The van der Waals surface area contributed by atoms with Crippen LogP contribution in [-0.2, 0) is 21.4 Å². The summed E-state index contributed by atoms with van der Waals surface area (Å²) in [5, 5.41) is 12.0. The molecule has 0 unspecified atom stereocenters. The van der Waals surface area contributed by atoms with Gasteiger partial charge in [0.2, 0.25) is 15.9 Å². The molecule has 1 aromatic heterocycles. The highest BCUT2D eigenvalue weighted by Gasteiger charge is 2.43. The Morgan fingerprint density at radius 2 is 1.69 bits per heavy atom. The third-order valence-electron chi connectivity index (χ3n) is 8.67. The molecule has 6 rings (SSSR count). The van der Waals surface area contributed by atoms with Crippen molar-refractivity contribution in [3.05, 3.63) is 93.2 Å². The van der Waals surface area contributed by atoms with E-state index in [4.69, 9.17) is 38.9 Å². The topological polar surface area (TPSA) is 172 Å². The normalized spacial score (nSPS) is 17.4. The van der Waals surface area contributed by atoms with E-state index in [0.29, 0.717) is 46.4 Å². The number of fused-ring (bicyclic) bond motifs is 1.